The summed E-state index contributed by atoms with van der Waals surface area (Å²) in [5.74, 6) is 0.725. The monoisotopic (exact) mass is 257 g/mol. The third kappa shape index (κ3) is 2.18. The smallest absolute Gasteiger partial charge is 0.230 e. The SMILES string of the molecule is CC1CCN(C(=O)C2CC(=O)c3ccccc32)CC1. The highest BCUT2D eigenvalue weighted by atomic mass is 16.2. The normalized spacial score (nSPS) is 23.5. The molecule has 1 atom stereocenters. The molecule has 1 heterocycles. The van der Waals surface area contributed by atoms with E-state index >= 15 is 0 Å². The number of nitrogens with zero attached hydrogens (tertiary/aromatic N) is 1. The van der Waals surface area contributed by atoms with Crippen LogP contribution in [-0.2, 0) is 4.79 Å². The first kappa shape index (κ1) is 12.4. The highest BCUT2D eigenvalue weighted by molar-refractivity contribution is 6.06. The maximum Gasteiger partial charge on any atom is 0.230 e. The average molecular weight is 257 g/mol. The van der Waals surface area contributed by atoms with Crippen LogP contribution in [0.3, 0.4) is 0 Å². The first-order chi connectivity index (χ1) is 9.16. The Morgan fingerprint density at radius 1 is 1.21 bits per heavy atom. The van der Waals surface area contributed by atoms with Gasteiger partial charge in [-0.2, -0.15) is 0 Å². The second-order valence-corrected chi connectivity index (χ2v) is 5.77. The highest BCUT2D eigenvalue weighted by Gasteiger charge is 2.36. The molecule has 1 saturated heterocycles. The molecule has 0 spiro atoms. The molecule has 0 radical (unpaired) electrons. The fourth-order valence-electron chi connectivity index (χ4n) is 3.13. The van der Waals surface area contributed by atoms with Crippen LogP contribution in [0.5, 0.6) is 0 Å². The molecule has 1 aromatic rings. The van der Waals surface area contributed by atoms with Gasteiger partial charge in [-0.25, -0.2) is 0 Å². The summed E-state index contributed by atoms with van der Waals surface area (Å²) in [5.41, 5.74) is 1.67. The average Bonchev–Trinajstić information content (AvgIpc) is 2.77. The molecule has 1 unspecified atom stereocenters. The van der Waals surface area contributed by atoms with Crippen LogP contribution in [0.2, 0.25) is 0 Å². The Bertz CT molecular complexity index is 515. The van der Waals surface area contributed by atoms with Crippen molar-refractivity contribution in [3.63, 3.8) is 0 Å². The topological polar surface area (TPSA) is 37.4 Å². The number of amides is 1. The highest BCUT2D eigenvalue weighted by Crippen LogP contribution is 2.35. The van der Waals surface area contributed by atoms with Gasteiger partial charge in [0.25, 0.3) is 0 Å². The van der Waals surface area contributed by atoms with E-state index in [9.17, 15) is 9.59 Å². The molecular formula is C16H19NO2. The summed E-state index contributed by atoms with van der Waals surface area (Å²) in [7, 11) is 0. The van der Waals surface area contributed by atoms with E-state index in [1.54, 1.807) is 0 Å². The molecular weight excluding hydrogens is 238 g/mol. The molecule has 1 aliphatic heterocycles. The van der Waals surface area contributed by atoms with Gasteiger partial charge in [-0.15, -0.1) is 0 Å². The van der Waals surface area contributed by atoms with Crippen molar-refractivity contribution in [1.82, 2.24) is 4.90 Å². The van der Waals surface area contributed by atoms with Crippen LogP contribution < -0.4 is 0 Å². The fourth-order valence-corrected chi connectivity index (χ4v) is 3.13. The summed E-state index contributed by atoms with van der Waals surface area (Å²) in [4.78, 5) is 26.5. The lowest BCUT2D eigenvalue weighted by atomic mass is 9.95. The lowest BCUT2D eigenvalue weighted by Gasteiger charge is -2.32. The first-order valence-electron chi connectivity index (χ1n) is 7.07. The summed E-state index contributed by atoms with van der Waals surface area (Å²) in [6, 6.07) is 7.54. The van der Waals surface area contributed by atoms with E-state index in [2.05, 4.69) is 6.92 Å². The minimum absolute atomic E-state index is 0.110. The molecule has 0 N–H and O–H groups in total. The van der Waals surface area contributed by atoms with Gasteiger partial charge in [-0.05, 0) is 24.3 Å². The predicted octanol–water partition coefficient (Wildman–Crippen LogP) is 2.62. The van der Waals surface area contributed by atoms with Crippen LogP contribution in [0.4, 0.5) is 0 Å². The zero-order valence-electron chi connectivity index (χ0n) is 11.3. The van der Waals surface area contributed by atoms with Crippen molar-refractivity contribution >= 4 is 11.7 Å². The number of Topliss-reactive ketones (excluding diaryl/α,β-unsaturated/α-hetero) is 1. The van der Waals surface area contributed by atoms with Gasteiger partial charge in [0.1, 0.15) is 0 Å². The van der Waals surface area contributed by atoms with E-state index in [4.69, 9.17) is 0 Å². The van der Waals surface area contributed by atoms with Gasteiger partial charge in [-0.3, -0.25) is 9.59 Å². The number of piperidine rings is 1. The van der Waals surface area contributed by atoms with Gasteiger partial charge in [0.05, 0.1) is 5.92 Å². The molecule has 1 fully saturated rings. The Kier molecular flexibility index (Phi) is 3.13. The molecule has 19 heavy (non-hydrogen) atoms. The van der Waals surface area contributed by atoms with E-state index in [0.29, 0.717) is 12.3 Å². The van der Waals surface area contributed by atoms with Crippen molar-refractivity contribution in [1.29, 1.82) is 0 Å². The van der Waals surface area contributed by atoms with Gasteiger partial charge in [0.2, 0.25) is 5.91 Å². The fraction of sp³-hybridized carbons (Fsp3) is 0.500. The van der Waals surface area contributed by atoms with Gasteiger partial charge >= 0.3 is 0 Å². The van der Waals surface area contributed by atoms with E-state index in [-0.39, 0.29) is 17.6 Å². The van der Waals surface area contributed by atoms with Crippen molar-refractivity contribution in [2.75, 3.05) is 13.1 Å². The quantitative estimate of drug-likeness (QED) is 0.775. The van der Waals surface area contributed by atoms with E-state index in [1.807, 2.05) is 29.2 Å². The van der Waals surface area contributed by atoms with Crippen molar-refractivity contribution in [2.45, 2.75) is 32.1 Å². The van der Waals surface area contributed by atoms with Crippen molar-refractivity contribution in [2.24, 2.45) is 5.92 Å². The number of likely N-dealkylation sites (tertiary alicyclic amines) is 1. The minimum atomic E-state index is -0.239. The lowest BCUT2D eigenvalue weighted by Crippen LogP contribution is -2.40. The zero-order chi connectivity index (χ0) is 13.4. The Morgan fingerprint density at radius 3 is 2.63 bits per heavy atom. The van der Waals surface area contributed by atoms with Crippen molar-refractivity contribution in [3.05, 3.63) is 35.4 Å². The molecule has 0 aromatic heterocycles. The number of rotatable bonds is 1. The van der Waals surface area contributed by atoms with Crippen molar-refractivity contribution in [3.8, 4) is 0 Å². The maximum atomic E-state index is 12.6. The summed E-state index contributed by atoms with van der Waals surface area (Å²) in [6.45, 7) is 3.91. The predicted molar refractivity (Wildman–Crippen MR) is 73.1 cm³/mol. The molecule has 3 heteroatoms. The molecule has 1 amide bonds. The van der Waals surface area contributed by atoms with Gasteiger partial charge in [0.15, 0.2) is 5.78 Å². The van der Waals surface area contributed by atoms with Crippen LogP contribution >= 0.6 is 0 Å². The Balaban J connectivity index is 1.80. The van der Waals surface area contributed by atoms with Crippen molar-refractivity contribution < 1.29 is 9.59 Å². The van der Waals surface area contributed by atoms with Crippen LogP contribution in [-0.4, -0.2) is 29.7 Å². The summed E-state index contributed by atoms with van der Waals surface area (Å²) < 4.78 is 0. The molecule has 3 nitrogen and oxygen atoms in total. The largest absolute Gasteiger partial charge is 0.342 e. The second kappa shape index (κ2) is 4.80. The minimum Gasteiger partial charge on any atom is -0.342 e. The molecule has 1 aliphatic carbocycles. The first-order valence-corrected chi connectivity index (χ1v) is 7.07. The molecule has 1 aromatic carbocycles. The Morgan fingerprint density at radius 2 is 1.89 bits per heavy atom. The third-order valence-corrected chi connectivity index (χ3v) is 4.42. The number of hydrogen-bond donors (Lipinski definition) is 0. The Labute approximate surface area is 113 Å². The second-order valence-electron chi connectivity index (χ2n) is 5.77. The lowest BCUT2D eigenvalue weighted by molar-refractivity contribution is -0.134. The van der Waals surface area contributed by atoms with Gasteiger partial charge in [0, 0.05) is 25.1 Å². The molecule has 0 saturated carbocycles. The van der Waals surface area contributed by atoms with Crippen LogP contribution in [0, 0.1) is 5.92 Å². The number of carbonyl (C=O) groups excluding carboxylic acids is 2. The molecule has 0 bridgehead atoms. The third-order valence-electron chi connectivity index (χ3n) is 4.42. The molecule has 2 aliphatic rings. The molecule has 3 rings (SSSR count). The van der Waals surface area contributed by atoms with E-state index < -0.39 is 0 Å². The van der Waals surface area contributed by atoms with Gasteiger partial charge < -0.3 is 4.90 Å². The summed E-state index contributed by atoms with van der Waals surface area (Å²) >= 11 is 0. The van der Waals surface area contributed by atoms with E-state index in [0.717, 1.165) is 37.1 Å². The number of ketones is 1. The number of benzene rings is 1. The van der Waals surface area contributed by atoms with Crippen LogP contribution in [0.25, 0.3) is 0 Å². The maximum absolute atomic E-state index is 12.6. The Hall–Kier alpha value is -1.64. The standard InChI is InChI=1S/C16H19NO2/c1-11-6-8-17(9-7-11)16(19)14-10-15(18)13-5-3-2-4-12(13)14/h2-5,11,14H,6-10H2,1H3. The number of hydrogen-bond acceptors (Lipinski definition) is 2. The van der Waals surface area contributed by atoms with Crippen LogP contribution in [0.1, 0.15) is 48.0 Å². The van der Waals surface area contributed by atoms with Crippen LogP contribution in [0.15, 0.2) is 24.3 Å². The number of carbonyl (C=O) groups is 2. The summed E-state index contributed by atoms with van der Waals surface area (Å²) in [5, 5.41) is 0. The number of fused-ring (bicyclic) bond motifs is 1. The summed E-state index contributed by atoms with van der Waals surface area (Å²) in [6.07, 6.45) is 2.51. The van der Waals surface area contributed by atoms with Gasteiger partial charge in [-0.1, -0.05) is 31.2 Å². The van der Waals surface area contributed by atoms with E-state index in [1.165, 1.54) is 0 Å². The molecule has 100 valence electrons. The zero-order valence-corrected chi connectivity index (χ0v) is 11.3.